The Morgan fingerprint density at radius 2 is 1.83 bits per heavy atom. The maximum atomic E-state index is 13.2. The molecule has 2 N–H and O–H groups in total. The summed E-state index contributed by atoms with van der Waals surface area (Å²) in [5.74, 6) is 0.454. The summed E-state index contributed by atoms with van der Waals surface area (Å²) in [6, 6.07) is 17.2. The van der Waals surface area contributed by atoms with Gasteiger partial charge in [0, 0.05) is 24.0 Å². The molecule has 8 heteroatoms. The van der Waals surface area contributed by atoms with E-state index in [1.807, 2.05) is 54.6 Å². The van der Waals surface area contributed by atoms with Crippen LogP contribution in [0.25, 0.3) is 27.6 Å². The van der Waals surface area contributed by atoms with Crippen LogP contribution in [0.4, 0.5) is 5.95 Å². The second kappa shape index (κ2) is 7.61. The zero-order chi connectivity index (χ0) is 20.5. The van der Waals surface area contributed by atoms with E-state index >= 15 is 0 Å². The number of hydrogen-bond acceptors (Lipinski definition) is 5. The van der Waals surface area contributed by atoms with Crippen LogP contribution in [-0.4, -0.2) is 31.3 Å². The van der Waals surface area contributed by atoms with Gasteiger partial charge < -0.3 is 5.32 Å². The fraction of sp³-hybridized carbons (Fsp3) is 0.0909. The zero-order valence-corrected chi connectivity index (χ0v) is 16.6. The molecule has 3 aromatic heterocycles. The molecule has 0 unspecified atom stereocenters. The predicted octanol–water partition coefficient (Wildman–Crippen LogP) is 3.97. The van der Waals surface area contributed by atoms with E-state index in [1.54, 1.807) is 17.0 Å². The summed E-state index contributed by atoms with van der Waals surface area (Å²) >= 11 is 5.94. The number of pyridine rings is 1. The Balaban J connectivity index is 1.55. The van der Waals surface area contributed by atoms with Crippen LogP contribution in [0.15, 0.2) is 71.8 Å². The van der Waals surface area contributed by atoms with Gasteiger partial charge in [-0.3, -0.25) is 14.5 Å². The van der Waals surface area contributed by atoms with E-state index in [9.17, 15) is 4.79 Å². The molecule has 0 bridgehead atoms. The molecule has 0 aliphatic rings. The van der Waals surface area contributed by atoms with Crippen molar-refractivity contribution in [3.63, 3.8) is 0 Å². The number of anilines is 1. The third-order valence-corrected chi connectivity index (χ3v) is 5.19. The lowest BCUT2D eigenvalue weighted by molar-refractivity contribution is 0.973. The van der Waals surface area contributed by atoms with Crippen LogP contribution in [0.1, 0.15) is 5.56 Å². The monoisotopic (exact) mass is 416 g/mol. The highest BCUT2D eigenvalue weighted by Gasteiger charge is 2.16. The Hall–Kier alpha value is -3.71. The van der Waals surface area contributed by atoms with Crippen LogP contribution in [0.3, 0.4) is 0 Å². The van der Waals surface area contributed by atoms with Crippen LogP contribution < -0.4 is 10.9 Å². The quantitative estimate of drug-likeness (QED) is 0.452. The zero-order valence-electron chi connectivity index (χ0n) is 15.8. The van der Waals surface area contributed by atoms with Gasteiger partial charge in [-0.25, -0.2) is 4.98 Å². The van der Waals surface area contributed by atoms with Crippen molar-refractivity contribution < 1.29 is 0 Å². The summed E-state index contributed by atoms with van der Waals surface area (Å²) in [5, 5.41) is 12.2. The maximum absolute atomic E-state index is 13.2. The number of para-hydroxylation sites is 1. The highest BCUT2D eigenvalue weighted by Crippen LogP contribution is 2.22. The highest BCUT2D eigenvalue weighted by molar-refractivity contribution is 6.30. The molecular weight excluding hydrogens is 400 g/mol. The van der Waals surface area contributed by atoms with Gasteiger partial charge >= 0.3 is 0 Å². The van der Waals surface area contributed by atoms with Crippen LogP contribution >= 0.6 is 11.6 Å². The molecule has 5 rings (SSSR count). The SMILES string of the molecule is O=c1c2c[nH]nc2c2cnc(NCCc3ccc(Cl)cc3)nc2n1-c1ccccc1. The second-order valence-electron chi connectivity index (χ2n) is 6.86. The third kappa shape index (κ3) is 3.29. The van der Waals surface area contributed by atoms with Gasteiger partial charge in [-0.2, -0.15) is 10.1 Å². The van der Waals surface area contributed by atoms with Crippen LogP contribution in [0.2, 0.25) is 5.02 Å². The lowest BCUT2D eigenvalue weighted by Crippen LogP contribution is -2.20. The lowest BCUT2D eigenvalue weighted by Gasteiger charge is -2.12. The number of nitrogens with zero attached hydrogens (tertiary/aromatic N) is 4. The Morgan fingerprint density at radius 1 is 1.03 bits per heavy atom. The number of halogens is 1. The minimum absolute atomic E-state index is 0.178. The molecule has 0 saturated carbocycles. The minimum atomic E-state index is -0.178. The first-order valence-corrected chi connectivity index (χ1v) is 9.87. The van der Waals surface area contributed by atoms with Crippen molar-refractivity contribution >= 4 is 39.5 Å². The summed E-state index contributed by atoms with van der Waals surface area (Å²) in [7, 11) is 0. The first-order valence-electron chi connectivity index (χ1n) is 9.50. The summed E-state index contributed by atoms with van der Waals surface area (Å²) in [6.07, 6.45) is 4.10. The number of H-pyrrole nitrogens is 1. The minimum Gasteiger partial charge on any atom is -0.354 e. The molecule has 0 fully saturated rings. The van der Waals surface area contributed by atoms with Crippen molar-refractivity contribution in [2.24, 2.45) is 0 Å². The van der Waals surface area contributed by atoms with E-state index in [4.69, 9.17) is 11.6 Å². The van der Waals surface area contributed by atoms with Gasteiger partial charge in [0.1, 0.15) is 5.52 Å². The highest BCUT2D eigenvalue weighted by atomic mass is 35.5. The Labute approximate surface area is 176 Å². The van der Waals surface area contributed by atoms with Crippen molar-refractivity contribution in [2.45, 2.75) is 6.42 Å². The first kappa shape index (κ1) is 18.3. The number of benzene rings is 2. The smallest absolute Gasteiger partial charge is 0.267 e. The Kier molecular flexibility index (Phi) is 4.65. The number of rotatable bonds is 5. The normalized spacial score (nSPS) is 11.2. The number of fused-ring (bicyclic) bond motifs is 3. The lowest BCUT2D eigenvalue weighted by atomic mass is 10.1. The number of aromatic nitrogens is 5. The van der Waals surface area contributed by atoms with Gasteiger partial charge in [0.25, 0.3) is 5.56 Å². The van der Waals surface area contributed by atoms with E-state index in [1.165, 1.54) is 0 Å². The fourth-order valence-corrected chi connectivity index (χ4v) is 3.58. The summed E-state index contributed by atoms with van der Waals surface area (Å²) in [5.41, 5.74) is 2.79. The molecular formula is C22H17ClN6O. The molecule has 30 heavy (non-hydrogen) atoms. The summed E-state index contributed by atoms with van der Waals surface area (Å²) in [6.45, 7) is 0.646. The average Bonchev–Trinajstić information content (AvgIpc) is 3.27. The third-order valence-electron chi connectivity index (χ3n) is 4.93. The van der Waals surface area contributed by atoms with Crippen molar-refractivity contribution in [3.8, 4) is 5.69 Å². The Bertz CT molecular complexity index is 1390. The number of aromatic amines is 1. The Morgan fingerprint density at radius 3 is 2.63 bits per heavy atom. The maximum Gasteiger partial charge on any atom is 0.267 e. The molecule has 148 valence electrons. The second-order valence-corrected chi connectivity index (χ2v) is 7.29. The molecule has 0 aliphatic carbocycles. The van der Waals surface area contributed by atoms with E-state index in [2.05, 4.69) is 25.5 Å². The molecule has 5 aromatic rings. The predicted molar refractivity (Wildman–Crippen MR) is 118 cm³/mol. The molecule has 0 spiro atoms. The molecule has 2 aromatic carbocycles. The van der Waals surface area contributed by atoms with Crippen molar-refractivity contribution in [1.82, 2.24) is 24.7 Å². The fourth-order valence-electron chi connectivity index (χ4n) is 3.46. The van der Waals surface area contributed by atoms with Gasteiger partial charge in [0.05, 0.1) is 16.5 Å². The van der Waals surface area contributed by atoms with Gasteiger partial charge in [0.2, 0.25) is 5.95 Å². The van der Waals surface area contributed by atoms with Gasteiger partial charge in [-0.15, -0.1) is 0 Å². The van der Waals surface area contributed by atoms with Crippen molar-refractivity contribution in [2.75, 3.05) is 11.9 Å². The molecule has 0 atom stereocenters. The van der Waals surface area contributed by atoms with Crippen LogP contribution in [0, 0.1) is 0 Å². The van der Waals surface area contributed by atoms with Gasteiger partial charge in [-0.05, 0) is 36.2 Å². The van der Waals surface area contributed by atoms with Crippen LogP contribution in [-0.2, 0) is 6.42 Å². The molecule has 0 aliphatic heterocycles. The number of nitrogens with one attached hydrogen (secondary N) is 2. The molecule has 0 saturated heterocycles. The van der Waals surface area contributed by atoms with E-state index in [-0.39, 0.29) is 5.56 Å². The molecule has 0 amide bonds. The summed E-state index contributed by atoms with van der Waals surface area (Å²) < 4.78 is 1.60. The van der Waals surface area contributed by atoms with E-state index in [0.717, 1.165) is 17.7 Å². The van der Waals surface area contributed by atoms with Gasteiger partial charge in [0.15, 0.2) is 5.65 Å². The topological polar surface area (TPSA) is 88.5 Å². The summed E-state index contributed by atoms with van der Waals surface area (Å²) in [4.78, 5) is 22.2. The van der Waals surface area contributed by atoms with Crippen LogP contribution in [0.5, 0.6) is 0 Å². The van der Waals surface area contributed by atoms with Gasteiger partial charge in [-0.1, -0.05) is 41.9 Å². The molecule has 3 heterocycles. The van der Waals surface area contributed by atoms with Crippen molar-refractivity contribution in [3.05, 3.63) is 87.9 Å². The molecule has 7 nitrogen and oxygen atoms in total. The average molecular weight is 417 g/mol. The molecule has 0 radical (unpaired) electrons. The standard InChI is InChI=1S/C22H17ClN6O/c23-15-8-6-14(7-9-15)10-11-24-22-25-12-17-19-18(13-26-28-19)21(30)29(20(17)27-22)16-4-2-1-3-5-16/h1-9,12-13H,10-11H2,(H,26,28)(H,24,25,27). The van der Waals surface area contributed by atoms with Crippen molar-refractivity contribution in [1.29, 1.82) is 0 Å². The largest absolute Gasteiger partial charge is 0.354 e. The van der Waals surface area contributed by atoms with E-state index in [0.29, 0.717) is 39.5 Å². The number of hydrogen-bond donors (Lipinski definition) is 2. The van der Waals surface area contributed by atoms with E-state index < -0.39 is 0 Å². The first-order chi connectivity index (χ1) is 14.7.